The van der Waals surface area contributed by atoms with Gasteiger partial charge in [-0.05, 0) is 61.1 Å². The Balaban J connectivity index is 1.51. The third-order valence-corrected chi connectivity index (χ3v) is 7.95. The van der Waals surface area contributed by atoms with Crippen LogP contribution in [0.25, 0.3) is 11.5 Å². The zero-order valence-corrected chi connectivity index (χ0v) is 21.9. The molecule has 37 heavy (non-hydrogen) atoms. The second-order valence-corrected chi connectivity index (χ2v) is 10.7. The first-order chi connectivity index (χ1) is 18.0. The molecule has 2 aromatic heterocycles. The van der Waals surface area contributed by atoms with Crippen LogP contribution in [0.5, 0.6) is 0 Å². The van der Waals surface area contributed by atoms with E-state index in [1.54, 1.807) is 0 Å². The van der Waals surface area contributed by atoms with Gasteiger partial charge in [0.05, 0.1) is 29.7 Å². The Labute approximate surface area is 218 Å². The predicted molar refractivity (Wildman–Crippen MR) is 146 cm³/mol. The first-order valence-corrected chi connectivity index (χ1v) is 13.5. The van der Waals surface area contributed by atoms with Gasteiger partial charge in [0, 0.05) is 17.8 Å². The Morgan fingerprint density at radius 3 is 2.41 bits per heavy atom. The lowest BCUT2D eigenvalue weighted by molar-refractivity contribution is 0.176. The number of aromatic nitrogens is 3. The van der Waals surface area contributed by atoms with Gasteiger partial charge in [0.15, 0.2) is 0 Å². The van der Waals surface area contributed by atoms with E-state index in [1.165, 1.54) is 18.4 Å². The monoisotopic (exact) mass is 493 g/mol. The Morgan fingerprint density at radius 2 is 1.70 bits per heavy atom. The van der Waals surface area contributed by atoms with E-state index in [9.17, 15) is 4.79 Å². The predicted octanol–water partition coefficient (Wildman–Crippen LogP) is 6.65. The minimum atomic E-state index is -0.214. The molecule has 2 amide bonds. The topological polar surface area (TPSA) is 55.1 Å². The van der Waals surface area contributed by atoms with Gasteiger partial charge in [-0.1, -0.05) is 69.2 Å². The summed E-state index contributed by atoms with van der Waals surface area (Å²) in [5.74, 6) is 1.46. The van der Waals surface area contributed by atoms with Crippen molar-refractivity contribution in [1.29, 1.82) is 0 Å². The lowest BCUT2D eigenvalue weighted by Crippen LogP contribution is -2.45. The number of hydrogen-bond acceptors (Lipinski definition) is 2. The van der Waals surface area contributed by atoms with Crippen LogP contribution < -0.4 is 5.32 Å². The maximum Gasteiger partial charge on any atom is 0.318 e. The summed E-state index contributed by atoms with van der Waals surface area (Å²) in [6.45, 7) is 6.96. The van der Waals surface area contributed by atoms with Crippen molar-refractivity contribution in [2.75, 3.05) is 0 Å². The van der Waals surface area contributed by atoms with Crippen LogP contribution in [-0.4, -0.2) is 31.3 Å². The molecule has 1 fully saturated rings. The van der Waals surface area contributed by atoms with Crippen LogP contribution in [0.15, 0.2) is 72.9 Å². The number of fused-ring (bicyclic) bond motifs is 3. The molecule has 2 aromatic carbocycles. The normalized spacial score (nSPS) is 17.5. The summed E-state index contributed by atoms with van der Waals surface area (Å²) in [5.41, 5.74) is 6.50. The quantitative estimate of drug-likeness (QED) is 0.346. The van der Waals surface area contributed by atoms with E-state index >= 15 is 0 Å². The summed E-state index contributed by atoms with van der Waals surface area (Å²) in [5, 5.41) is 8.31. The van der Waals surface area contributed by atoms with E-state index in [0.29, 0.717) is 12.5 Å². The molecular weight excluding hydrogens is 458 g/mol. The number of carbonyl (C=O) groups is 1. The largest absolute Gasteiger partial charge is 0.335 e. The van der Waals surface area contributed by atoms with E-state index in [2.05, 4.69) is 78.5 Å². The van der Waals surface area contributed by atoms with Crippen molar-refractivity contribution in [1.82, 2.24) is 24.6 Å². The van der Waals surface area contributed by atoms with Gasteiger partial charge in [-0.25, -0.2) is 9.48 Å². The molecule has 4 aromatic rings. The third-order valence-electron chi connectivity index (χ3n) is 7.95. The minimum absolute atomic E-state index is 0.00250. The van der Waals surface area contributed by atoms with E-state index < -0.39 is 0 Å². The Kier molecular flexibility index (Phi) is 6.11. The Hall–Kier alpha value is -3.80. The Morgan fingerprint density at radius 1 is 0.973 bits per heavy atom. The Bertz CT molecular complexity index is 1390. The summed E-state index contributed by atoms with van der Waals surface area (Å²) >= 11 is 0. The highest BCUT2D eigenvalue weighted by Crippen LogP contribution is 2.39. The van der Waals surface area contributed by atoms with Crippen molar-refractivity contribution < 1.29 is 4.79 Å². The zero-order chi connectivity index (χ0) is 25.5. The minimum Gasteiger partial charge on any atom is -0.335 e. The molecule has 0 unspecified atom stereocenters. The van der Waals surface area contributed by atoms with Crippen LogP contribution >= 0.6 is 0 Å². The number of hydrogen-bond donors (Lipinski definition) is 1. The molecular formula is C31H35N5O. The smallest absolute Gasteiger partial charge is 0.318 e. The fraction of sp³-hybridized carbons (Fsp3) is 0.355. The van der Waals surface area contributed by atoms with Crippen molar-refractivity contribution in [3.8, 4) is 11.5 Å². The third kappa shape index (κ3) is 4.24. The van der Waals surface area contributed by atoms with Gasteiger partial charge in [0.1, 0.15) is 5.82 Å². The van der Waals surface area contributed by atoms with E-state index in [1.807, 2.05) is 34.7 Å². The van der Waals surface area contributed by atoms with Gasteiger partial charge in [-0.2, -0.15) is 5.10 Å². The van der Waals surface area contributed by atoms with Gasteiger partial charge in [0.25, 0.3) is 0 Å². The molecule has 1 aliphatic heterocycles. The van der Waals surface area contributed by atoms with Gasteiger partial charge in [-0.3, -0.25) is 0 Å². The highest BCUT2D eigenvalue weighted by atomic mass is 16.2. The second kappa shape index (κ2) is 9.58. The van der Waals surface area contributed by atoms with E-state index in [4.69, 9.17) is 5.10 Å². The molecule has 1 aliphatic carbocycles. The number of urea groups is 1. The van der Waals surface area contributed by atoms with Crippen LogP contribution in [0.3, 0.4) is 0 Å². The molecule has 190 valence electrons. The van der Waals surface area contributed by atoms with Gasteiger partial charge < -0.3 is 14.8 Å². The first kappa shape index (κ1) is 23.6. The highest BCUT2D eigenvalue weighted by molar-refractivity contribution is 5.76. The van der Waals surface area contributed by atoms with E-state index in [0.717, 1.165) is 46.9 Å². The molecule has 6 heteroatoms. The van der Waals surface area contributed by atoms with Crippen LogP contribution in [-0.2, 0) is 6.54 Å². The molecule has 2 aliphatic rings. The summed E-state index contributed by atoms with van der Waals surface area (Å²) in [6.07, 6.45) is 6.57. The first-order valence-electron chi connectivity index (χ1n) is 13.5. The molecule has 6 nitrogen and oxygen atoms in total. The summed E-state index contributed by atoms with van der Waals surface area (Å²) in [7, 11) is 0. The van der Waals surface area contributed by atoms with Gasteiger partial charge in [-0.15, -0.1) is 0 Å². The number of rotatable bonds is 4. The van der Waals surface area contributed by atoms with Gasteiger partial charge in [0.2, 0.25) is 0 Å². The molecule has 1 saturated carbocycles. The summed E-state index contributed by atoms with van der Waals surface area (Å²) < 4.78 is 4.25. The number of para-hydroxylation sites is 1. The van der Waals surface area contributed by atoms with Crippen LogP contribution in [0.2, 0.25) is 0 Å². The number of nitrogens with zero attached hydrogens (tertiary/aromatic N) is 4. The maximum atomic E-state index is 14.0. The highest BCUT2D eigenvalue weighted by Gasteiger charge is 2.36. The van der Waals surface area contributed by atoms with Crippen molar-refractivity contribution in [2.45, 2.75) is 71.0 Å². The number of nitrogens with one attached hydrogen (secondary N) is 1. The SMILES string of the molecule is Cc1nn(-c2ccccc2)c2c1CN(C(=O)NC1CCCC1)[C@H](c1ccc(C(C)C)cc1)c1cccn1-2. The number of aryl methyl sites for hydroxylation is 1. The lowest BCUT2D eigenvalue weighted by atomic mass is 9.97. The molecule has 0 radical (unpaired) electrons. The molecule has 6 rings (SSSR count). The van der Waals surface area contributed by atoms with Crippen molar-refractivity contribution in [2.24, 2.45) is 0 Å². The fourth-order valence-corrected chi connectivity index (χ4v) is 5.89. The average Bonchev–Trinajstić information content (AvgIpc) is 3.64. The summed E-state index contributed by atoms with van der Waals surface area (Å²) in [4.78, 5) is 16.0. The number of carbonyl (C=O) groups excluding carboxylic acids is 1. The summed E-state index contributed by atoms with van der Waals surface area (Å²) in [6, 6.07) is 23.3. The van der Waals surface area contributed by atoms with Crippen LogP contribution in [0, 0.1) is 6.92 Å². The number of amides is 2. The molecule has 1 N–H and O–H groups in total. The van der Waals surface area contributed by atoms with Crippen molar-refractivity contribution in [3.63, 3.8) is 0 Å². The molecule has 0 saturated heterocycles. The fourth-order valence-electron chi connectivity index (χ4n) is 5.89. The van der Waals surface area contributed by atoms with Crippen LogP contribution in [0.4, 0.5) is 4.79 Å². The second-order valence-electron chi connectivity index (χ2n) is 10.7. The lowest BCUT2D eigenvalue weighted by Gasteiger charge is -2.32. The average molecular weight is 494 g/mol. The standard InChI is InChI=1S/C31H35N5O/c1-21(2)23-15-17-24(18-16-23)29-28-14-9-19-34(28)30-27(20-35(29)31(37)32-25-10-7-8-11-25)22(3)33-36(30)26-12-5-4-6-13-26/h4-6,9,12-19,21,25,29H,7-8,10-11,20H2,1-3H3,(H,32,37)/t29-/m1/s1. The van der Waals surface area contributed by atoms with Crippen molar-refractivity contribution >= 4 is 6.03 Å². The molecule has 3 heterocycles. The van der Waals surface area contributed by atoms with Crippen LogP contribution in [0.1, 0.15) is 79.6 Å². The van der Waals surface area contributed by atoms with Gasteiger partial charge >= 0.3 is 6.03 Å². The number of benzene rings is 2. The molecule has 1 atom stereocenters. The molecule has 0 bridgehead atoms. The maximum absolute atomic E-state index is 14.0. The van der Waals surface area contributed by atoms with Crippen molar-refractivity contribution in [3.05, 3.63) is 101 Å². The van der Waals surface area contributed by atoms with E-state index in [-0.39, 0.29) is 18.1 Å². The zero-order valence-electron chi connectivity index (χ0n) is 21.9. The molecule has 0 spiro atoms.